The molecule has 1 atom stereocenters. The van der Waals surface area contributed by atoms with E-state index in [0.717, 1.165) is 6.54 Å². The van der Waals surface area contributed by atoms with Crippen molar-refractivity contribution in [2.75, 3.05) is 6.54 Å². The molecule has 0 radical (unpaired) electrons. The zero-order valence-corrected chi connectivity index (χ0v) is 9.59. The molecule has 0 amide bonds. The van der Waals surface area contributed by atoms with Gasteiger partial charge in [-0.3, -0.25) is 4.99 Å². The first-order valence-electron chi connectivity index (χ1n) is 5.01. The van der Waals surface area contributed by atoms with E-state index in [1.165, 1.54) is 12.8 Å². The molecule has 0 heterocycles. The Hall–Kier alpha value is -0.530. The van der Waals surface area contributed by atoms with Gasteiger partial charge in [-0.25, -0.2) is 0 Å². The third-order valence-corrected chi connectivity index (χ3v) is 1.22. The highest BCUT2D eigenvalue weighted by molar-refractivity contribution is 5.50. The fourth-order valence-corrected chi connectivity index (χ4v) is 0.370. The Kier molecular flexibility index (Phi) is 32.8. The number of rotatable bonds is 3. The van der Waals surface area contributed by atoms with Gasteiger partial charge in [0.15, 0.2) is 0 Å². The molecule has 12 heavy (non-hydrogen) atoms. The van der Waals surface area contributed by atoms with Gasteiger partial charge in [-0.2, -0.15) is 0 Å². The third kappa shape index (κ3) is 22.7. The van der Waals surface area contributed by atoms with Crippen molar-refractivity contribution in [3.05, 3.63) is 0 Å². The molecule has 0 aromatic heterocycles. The van der Waals surface area contributed by atoms with Crippen molar-refractivity contribution in [3.8, 4) is 0 Å². The summed E-state index contributed by atoms with van der Waals surface area (Å²) in [5.74, 6) is 0.676. The van der Waals surface area contributed by atoms with Crippen molar-refractivity contribution < 1.29 is 0 Å². The van der Waals surface area contributed by atoms with Crippen LogP contribution in [-0.4, -0.2) is 12.9 Å². The summed E-state index contributed by atoms with van der Waals surface area (Å²) in [7, 11) is 0. The molecule has 0 fully saturated rings. The molecule has 0 bridgehead atoms. The Bertz CT molecular complexity index is 70.2. The van der Waals surface area contributed by atoms with Gasteiger partial charge in [0.2, 0.25) is 0 Å². The number of nitrogens with zero attached hydrogens (tertiary/aromatic N) is 1. The van der Waals surface area contributed by atoms with Crippen LogP contribution < -0.4 is 5.73 Å². The van der Waals surface area contributed by atoms with Crippen LogP contribution in [0, 0.1) is 5.92 Å². The summed E-state index contributed by atoms with van der Waals surface area (Å²) >= 11 is 0. The second-order valence-corrected chi connectivity index (χ2v) is 2.03. The summed E-state index contributed by atoms with van der Waals surface area (Å²) in [5.41, 5.74) is 5.04. The van der Waals surface area contributed by atoms with Crippen LogP contribution in [-0.2, 0) is 0 Å². The highest BCUT2D eigenvalue weighted by Gasteiger charge is 1.92. The highest BCUT2D eigenvalue weighted by atomic mass is 14.8. The molecule has 0 aliphatic rings. The predicted molar refractivity (Wildman–Crippen MR) is 59.7 cm³/mol. The Labute approximate surface area is 78.3 Å². The lowest BCUT2D eigenvalue weighted by molar-refractivity contribution is 0.578. The molecule has 0 spiro atoms. The van der Waals surface area contributed by atoms with E-state index in [2.05, 4.69) is 18.8 Å². The Morgan fingerprint density at radius 3 is 1.92 bits per heavy atom. The van der Waals surface area contributed by atoms with E-state index in [-0.39, 0.29) is 0 Å². The van der Waals surface area contributed by atoms with Gasteiger partial charge in [0.05, 0.1) is 6.34 Å². The van der Waals surface area contributed by atoms with Gasteiger partial charge in [0.25, 0.3) is 0 Å². The number of hydrogen-bond acceptors (Lipinski definition) is 1. The van der Waals surface area contributed by atoms with Gasteiger partial charge >= 0.3 is 0 Å². The molecule has 0 saturated carbocycles. The quantitative estimate of drug-likeness (QED) is 0.518. The van der Waals surface area contributed by atoms with Crippen molar-refractivity contribution in [3.63, 3.8) is 0 Å². The van der Waals surface area contributed by atoms with E-state index < -0.39 is 0 Å². The summed E-state index contributed by atoms with van der Waals surface area (Å²) in [6.45, 7) is 13.2. The predicted octanol–water partition coefficient (Wildman–Crippen LogP) is 3.07. The monoisotopic (exact) mass is 174 g/mol. The number of aliphatic imine (C=N–C) groups is 1. The molecule has 76 valence electrons. The molecule has 0 aliphatic carbocycles. The van der Waals surface area contributed by atoms with Crippen LogP contribution in [0.15, 0.2) is 4.99 Å². The first kappa shape index (κ1) is 17.5. The Morgan fingerprint density at radius 1 is 1.25 bits per heavy atom. The number of nitrogens with two attached hydrogens (primary N) is 1. The standard InChI is InChI=1S/C6H14N2.2C2H6/c1-3-6(2)4-8-5-7;2*1-2/h5-6H,3-4H2,1-2H3,(H2,7,8);2*1-2H3. The fourth-order valence-electron chi connectivity index (χ4n) is 0.370. The van der Waals surface area contributed by atoms with Crippen LogP contribution in [0.4, 0.5) is 0 Å². The highest BCUT2D eigenvalue weighted by Crippen LogP contribution is 1.98. The fraction of sp³-hybridized carbons (Fsp3) is 0.900. The van der Waals surface area contributed by atoms with Gasteiger partial charge in [-0.1, -0.05) is 48.0 Å². The van der Waals surface area contributed by atoms with Gasteiger partial charge < -0.3 is 5.73 Å². The maximum absolute atomic E-state index is 5.04. The largest absolute Gasteiger partial charge is 0.390 e. The normalized spacial score (nSPS) is 10.8. The first-order valence-corrected chi connectivity index (χ1v) is 5.01. The molecule has 2 N–H and O–H groups in total. The van der Waals surface area contributed by atoms with Crippen LogP contribution in [0.3, 0.4) is 0 Å². The molecule has 1 unspecified atom stereocenters. The second-order valence-electron chi connectivity index (χ2n) is 2.03. The molecular weight excluding hydrogens is 148 g/mol. The molecule has 0 saturated heterocycles. The van der Waals surface area contributed by atoms with Crippen molar-refractivity contribution in [1.82, 2.24) is 0 Å². The maximum atomic E-state index is 5.04. The lowest BCUT2D eigenvalue weighted by Gasteiger charge is -2.00. The smallest absolute Gasteiger partial charge is 0.0797 e. The van der Waals surface area contributed by atoms with E-state index >= 15 is 0 Å². The summed E-state index contributed by atoms with van der Waals surface area (Å²) < 4.78 is 0. The summed E-state index contributed by atoms with van der Waals surface area (Å²) in [5, 5.41) is 0. The minimum atomic E-state index is 0.676. The van der Waals surface area contributed by atoms with Crippen LogP contribution in [0.1, 0.15) is 48.0 Å². The summed E-state index contributed by atoms with van der Waals surface area (Å²) in [4.78, 5) is 3.90. The zero-order valence-electron chi connectivity index (χ0n) is 9.59. The van der Waals surface area contributed by atoms with Gasteiger partial charge in [0, 0.05) is 6.54 Å². The molecule has 2 nitrogen and oxygen atoms in total. The van der Waals surface area contributed by atoms with E-state index in [1.807, 2.05) is 27.7 Å². The number of hydrogen-bond donors (Lipinski definition) is 1. The van der Waals surface area contributed by atoms with Crippen molar-refractivity contribution >= 4 is 6.34 Å². The zero-order chi connectivity index (χ0) is 10.4. The van der Waals surface area contributed by atoms with Gasteiger partial charge in [-0.15, -0.1) is 0 Å². The maximum Gasteiger partial charge on any atom is 0.0797 e. The molecule has 0 rings (SSSR count). The minimum absolute atomic E-state index is 0.676. The lowest BCUT2D eigenvalue weighted by atomic mass is 10.1. The molecule has 0 aromatic carbocycles. The van der Waals surface area contributed by atoms with Crippen LogP contribution >= 0.6 is 0 Å². The van der Waals surface area contributed by atoms with Crippen molar-refractivity contribution in [2.45, 2.75) is 48.0 Å². The summed E-state index contributed by atoms with van der Waals surface area (Å²) in [6.07, 6.45) is 2.55. The first-order chi connectivity index (χ1) is 5.81. The average Bonchev–Trinajstić information content (AvgIpc) is 2.20. The second kappa shape index (κ2) is 22.4. The molecular formula is C10H26N2. The Morgan fingerprint density at radius 2 is 1.67 bits per heavy atom. The van der Waals surface area contributed by atoms with E-state index in [0.29, 0.717) is 5.92 Å². The van der Waals surface area contributed by atoms with Crippen LogP contribution in [0.5, 0.6) is 0 Å². The lowest BCUT2D eigenvalue weighted by Crippen LogP contribution is -1.99. The molecule has 2 heteroatoms. The van der Waals surface area contributed by atoms with Crippen LogP contribution in [0.25, 0.3) is 0 Å². The van der Waals surface area contributed by atoms with Gasteiger partial charge in [0.1, 0.15) is 0 Å². The Balaban J connectivity index is -0.000000175. The third-order valence-electron chi connectivity index (χ3n) is 1.22. The van der Waals surface area contributed by atoms with Crippen molar-refractivity contribution in [1.29, 1.82) is 0 Å². The molecule has 0 aromatic rings. The minimum Gasteiger partial charge on any atom is -0.390 e. The van der Waals surface area contributed by atoms with Crippen LogP contribution in [0.2, 0.25) is 0 Å². The topological polar surface area (TPSA) is 38.4 Å². The van der Waals surface area contributed by atoms with Gasteiger partial charge in [-0.05, 0) is 5.92 Å². The SMILES string of the molecule is CC.CC.CCC(C)CN=CN. The van der Waals surface area contributed by atoms with E-state index in [9.17, 15) is 0 Å². The van der Waals surface area contributed by atoms with E-state index in [4.69, 9.17) is 5.73 Å². The average molecular weight is 174 g/mol. The summed E-state index contributed by atoms with van der Waals surface area (Å²) in [6, 6.07) is 0. The molecule has 0 aliphatic heterocycles. The van der Waals surface area contributed by atoms with E-state index in [1.54, 1.807) is 0 Å². The van der Waals surface area contributed by atoms with Crippen molar-refractivity contribution in [2.24, 2.45) is 16.6 Å².